The van der Waals surface area contributed by atoms with Crippen molar-refractivity contribution in [1.82, 2.24) is 9.29 Å². The van der Waals surface area contributed by atoms with Crippen molar-refractivity contribution < 1.29 is 13.2 Å². The number of thiazole rings is 1. The number of amides is 1. The van der Waals surface area contributed by atoms with E-state index in [0.29, 0.717) is 17.2 Å². The first-order chi connectivity index (χ1) is 19.0. The van der Waals surface area contributed by atoms with Gasteiger partial charge in [-0.15, -0.1) is 0 Å². The third-order valence-corrected chi connectivity index (χ3v) is 9.19. The normalized spacial score (nSPS) is 11.4. The third-order valence-electron chi connectivity index (χ3n) is 6.24. The summed E-state index contributed by atoms with van der Waals surface area (Å²) in [6.45, 7) is 2.42. The maximum atomic E-state index is 13.3. The molecule has 0 saturated carbocycles. The first kappa shape index (κ1) is 26.5. The topological polar surface area (TPSA) is 79.4 Å². The van der Waals surface area contributed by atoms with E-state index in [4.69, 9.17) is 4.98 Å². The van der Waals surface area contributed by atoms with E-state index < -0.39 is 10.0 Å². The minimum atomic E-state index is -3.72. The van der Waals surface area contributed by atoms with Crippen LogP contribution in [0.15, 0.2) is 120 Å². The van der Waals surface area contributed by atoms with Crippen LogP contribution in [0.3, 0.4) is 0 Å². The number of sulfonamides is 1. The van der Waals surface area contributed by atoms with Gasteiger partial charge in [0.1, 0.15) is 0 Å². The maximum absolute atomic E-state index is 13.3. The van der Waals surface area contributed by atoms with Gasteiger partial charge in [-0.05, 0) is 35.4 Å². The molecular formula is C31H27N3O3S2. The van der Waals surface area contributed by atoms with Crippen LogP contribution in [-0.2, 0) is 16.6 Å². The van der Waals surface area contributed by atoms with Gasteiger partial charge in [-0.3, -0.25) is 10.1 Å². The molecule has 1 heterocycles. The summed E-state index contributed by atoms with van der Waals surface area (Å²) in [7, 11) is -3.72. The summed E-state index contributed by atoms with van der Waals surface area (Å²) in [5, 5.41) is 3.36. The molecular weight excluding hydrogens is 526 g/mol. The fraction of sp³-hybridized carbons (Fsp3) is 0.0968. The first-order valence-corrected chi connectivity index (χ1v) is 14.8. The van der Waals surface area contributed by atoms with Crippen molar-refractivity contribution in [1.29, 1.82) is 0 Å². The molecule has 196 valence electrons. The summed E-state index contributed by atoms with van der Waals surface area (Å²) < 4.78 is 28.0. The standard InChI is InChI=1S/C31H27N3O3S2/c1-2-34(22-23-12-6-3-7-13-23)39(36,37)27-20-18-26(19-21-27)30(35)33-31-32-28(24-14-8-4-9-15-24)29(38-31)25-16-10-5-11-17-25/h3-21H,2,22H2,1H3,(H,32,33,35). The molecule has 0 atom stereocenters. The molecule has 1 N–H and O–H groups in total. The highest BCUT2D eigenvalue weighted by molar-refractivity contribution is 7.89. The van der Waals surface area contributed by atoms with Crippen molar-refractivity contribution >= 4 is 32.4 Å². The van der Waals surface area contributed by atoms with Gasteiger partial charge in [-0.2, -0.15) is 4.31 Å². The van der Waals surface area contributed by atoms with E-state index in [1.165, 1.54) is 39.9 Å². The van der Waals surface area contributed by atoms with Crippen molar-refractivity contribution in [3.8, 4) is 21.7 Å². The van der Waals surface area contributed by atoms with E-state index in [2.05, 4.69) is 5.32 Å². The summed E-state index contributed by atoms with van der Waals surface area (Å²) in [6, 6.07) is 35.3. The lowest BCUT2D eigenvalue weighted by molar-refractivity contribution is 0.102. The predicted molar refractivity (Wildman–Crippen MR) is 157 cm³/mol. The Morgan fingerprint density at radius 1 is 0.795 bits per heavy atom. The van der Waals surface area contributed by atoms with Crippen LogP contribution in [0.25, 0.3) is 21.7 Å². The van der Waals surface area contributed by atoms with E-state index in [0.717, 1.165) is 27.3 Å². The lowest BCUT2D eigenvalue weighted by Crippen LogP contribution is -2.30. The van der Waals surface area contributed by atoms with Crippen LogP contribution in [0.1, 0.15) is 22.8 Å². The van der Waals surface area contributed by atoms with E-state index in [9.17, 15) is 13.2 Å². The Morgan fingerprint density at radius 2 is 1.36 bits per heavy atom. The molecule has 0 radical (unpaired) electrons. The van der Waals surface area contributed by atoms with Crippen LogP contribution in [0.4, 0.5) is 5.13 Å². The number of anilines is 1. The number of nitrogens with zero attached hydrogens (tertiary/aromatic N) is 2. The summed E-state index contributed by atoms with van der Waals surface area (Å²) >= 11 is 1.40. The van der Waals surface area contributed by atoms with Gasteiger partial charge in [0.25, 0.3) is 5.91 Å². The van der Waals surface area contributed by atoms with Crippen LogP contribution >= 0.6 is 11.3 Å². The van der Waals surface area contributed by atoms with Crippen molar-refractivity contribution in [2.24, 2.45) is 0 Å². The van der Waals surface area contributed by atoms with Gasteiger partial charge in [0.2, 0.25) is 10.0 Å². The second kappa shape index (κ2) is 11.7. The van der Waals surface area contributed by atoms with Crippen molar-refractivity contribution in [3.05, 3.63) is 126 Å². The Morgan fingerprint density at radius 3 is 1.95 bits per heavy atom. The fourth-order valence-electron chi connectivity index (χ4n) is 4.20. The lowest BCUT2D eigenvalue weighted by Gasteiger charge is -2.20. The number of hydrogen-bond donors (Lipinski definition) is 1. The predicted octanol–water partition coefficient (Wildman–Crippen LogP) is 6.94. The summed E-state index contributed by atoms with van der Waals surface area (Å²) in [5.74, 6) is -0.358. The molecule has 6 nitrogen and oxygen atoms in total. The van der Waals surface area contributed by atoms with Gasteiger partial charge in [0.05, 0.1) is 15.5 Å². The van der Waals surface area contributed by atoms with E-state index in [1.54, 1.807) is 0 Å². The quantitative estimate of drug-likeness (QED) is 0.214. The summed E-state index contributed by atoms with van der Waals surface area (Å²) in [6.07, 6.45) is 0. The lowest BCUT2D eigenvalue weighted by atomic mass is 10.1. The molecule has 4 aromatic carbocycles. The largest absolute Gasteiger partial charge is 0.298 e. The van der Waals surface area contributed by atoms with Gasteiger partial charge in [0.15, 0.2) is 5.13 Å². The Kier molecular flexibility index (Phi) is 7.97. The fourth-order valence-corrected chi connectivity index (χ4v) is 6.63. The number of hydrogen-bond acceptors (Lipinski definition) is 5. The van der Waals surface area contributed by atoms with E-state index in [1.807, 2.05) is 97.9 Å². The maximum Gasteiger partial charge on any atom is 0.257 e. The number of rotatable bonds is 9. The van der Waals surface area contributed by atoms with Gasteiger partial charge in [0, 0.05) is 24.2 Å². The highest BCUT2D eigenvalue weighted by Crippen LogP contribution is 2.39. The molecule has 0 fully saturated rings. The van der Waals surface area contributed by atoms with Gasteiger partial charge < -0.3 is 0 Å². The zero-order valence-electron chi connectivity index (χ0n) is 21.3. The van der Waals surface area contributed by atoms with Crippen molar-refractivity contribution in [2.45, 2.75) is 18.4 Å². The van der Waals surface area contributed by atoms with Crippen molar-refractivity contribution in [3.63, 3.8) is 0 Å². The minimum Gasteiger partial charge on any atom is -0.298 e. The average Bonchev–Trinajstić information content (AvgIpc) is 3.41. The molecule has 0 spiro atoms. The second-order valence-electron chi connectivity index (χ2n) is 8.82. The molecule has 8 heteroatoms. The van der Waals surface area contributed by atoms with Crippen LogP contribution in [0.2, 0.25) is 0 Å². The second-order valence-corrected chi connectivity index (χ2v) is 11.8. The van der Waals surface area contributed by atoms with Gasteiger partial charge in [-0.25, -0.2) is 13.4 Å². The Balaban J connectivity index is 1.36. The third kappa shape index (κ3) is 5.98. The molecule has 1 amide bonds. The molecule has 39 heavy (non-hydrogen) atoms. The zero-order chi connectivity index (χ0) is 27.2. The number of carbonyl (C=O) groups excluding carboxylic acids is 1. The average molecular weight is 554 g/mol. The van der Waals surface area contributed by atoms with Gasteiger partial charge in [-0.1, -0.05) is 109 Å². The molecule has 0 aliphatic heterocycles. The molecule has 0 unspecified atom stereocenters. The first-order valence-electron chi connectivity index (χ1n) is 12.5. The van der Waals surface area contributed by atoms with Crippen molar-refractivity contribution in [2.75, 3.05) is 11.9 Å². The zero-order valence-corrected chi connectivity index (χ0v) is 23.0. The molecule has 0 bridgehead atoms. The van der Waals surface area contributed by atoms with Crippen LogP contribution in [0.5, 0.6) is 0 Å². The Hall–Kier alpha value is -4.11. The number of carbonyl (C=O) groups is 1. The summed E-state index contributed by atoms with van der Waals surface area (Å²) in [4.78, 5) is 18.9. The smallest absolute Gasteiger partial charge is 0.257 e. The number of nitrogens with one attached hydrogen (secondary N) is 1. The van der Waals surface area contributed by atoms with Gasteiger partial charge >= 0.3 is 0 Å². The van der Waals surface area contributed by atoms with Crippen LogP contribution in [-0.4, -0.2) is 30.2 Å². The molecule has 0 aliphatic carbocycles. The highest BCUT2D eigenvalue weighted by Gasteiger charge is 2.24. The minimum absolute atomic E-state index is 0.142. The number of aromatic nitrogens is 1. The number of benzene rings is 4. The highest BCUT2D eigenvalue weighted by atomic mass is 32.2. The van der Waals surface area contributed by atoms with Crippen LogP contribution < -0.4 is 5.32 Å². The SMILES string of the molecule is CCN(Cc1ccccc1)S(=O)(=O)c1ccc(C(=O)Nc2nc(-c3ccccc3)c(-c3ccccc3)s2)cc1. The Labute approximate surface area is 232 Å². The molecule has 5 rings (SSSR count). The molecule has 5 aromatic rings. The van der Waals surface area contributed by atoms with E-state index in [-0.39, 0.29) is 17.3 Å². The Bertz CT molecular complexity index is 1600. The van der Waals surface area contributed by atoms with E-state index >= 15 is 0 Å². The molecule has 1 aromatic heterocycles. The van der Waals surface area contributed by atoms with Crippen LogP contribution in [0, 0.1) is 0 Å². The summed E-state index contributed by atoms with van der Waals surface area (Å²) in [5.41, 5.74) is 4.02. The molecule has 0 saturated heterocycles. The molecule has 0 aliphatic rings. The monoisotopic (exact) mass is 553 g/mol.